The summed E-state index contributed by atoms with van der Waals surface area (Å²) in [5.41, 5.74) is 13.1. The van der Waals surface area contributed by atoms with Gasteiger partial charge in [-0.15, -0.1) is 0 Å². The van der Waals surface area contributed by atoms with Crippen LogP contribution < -0.4 is 84.7 Å². The summed E-state index contributed by atoms with van der Waals surface area (Å²) < 4.78 is 24.8. The van der Waals surface area contributed by atoms with E-state index in [-0.39, 0.29) is 124 Å². The molecule has 0 aliphatic carbocycles. The number of phenolic OH excluding ortho intramolecular Hbond substituents is 4. The highest BCUT2D eigenvalue weighted by Gasteiger charge is 2.56. The highest BCUT2D eigenvalue weighted by Crippen LogP contribution is 2.59. The first-order valence-electron chi connectivity index (χ1n) is 42.2. The van der Waals surface area contributed by atoms with Gasteiger partial charge in [-0.1, -0.05) is 58.0 Å². The van der Waals surface area contributed by atoms with Crippen LogP contribution >= 0.6 is 36.2 Å². The summed E-state index contributed by atoms with van der Waals surface area (Å²) in [6, 6.07) is 23.5. The summed E-state index contributed by atoms with van der Waals surface area (Å²) in [5, 5.41) is 76.1. The van der Waals surface area contributed by atoms with E-state index in [2.05, 4.69) is 78.8 Å². The number of ether oxygens (including phenoxy) is 4. The van der Waals surface area contributed by atoms with Crippen molar-refractivity contribution in [3.8, 4) is 46.0 Å². The second-order valence-electron chi connectivity index (χ2n) is 32.8. The second-order valence-corrected chi connectivity index (χ2v) is 34.6. The number of anilines is 2. The van der Waals surface area contributed by atoms with E-state index >= 15 is 9.59 Å². The molecule has 22 N–H and O–H groups in total. The third-order valence-electron chi connectivity index (χ3n) is 22.6. The summed E-state index contributed by atoms with van der Waals surface area (Å²) in [6.45, 7) is 7.69. The average Bonchev–Trinajstić information content (AvgIpc) is 1.58. The van der Waals surface area contributed by atoms with E-state index in [9.17, 15) is 68.4 Å². The lowest BCUT2D eigenvalue weighted by Gasteiger charge is -2.36. The van der Waals surface area contributed by atoms with Gasteiger partial charge in [0.2, 0.25) is 59.1 Å². The number of amides is 10. The predicted molar refractivity (Wildman–Crippen MR) is 489 cm³/mol. The van der Waals surface area contributed by atoms with Crippen molar-refractivity contribution in [2.75, 3.05) is 35.7 Å². The van der Waals surface area contributed by atoms with E-state index in [1.165, 1.54) is 85.8 Å². The molecule has 686 valence electrons. The van der Waals surface area contributed by atoms with Gasteiger partial charge in [0.05, 0.1) is 29.7 Å². The van der Waals surface area contributed by atoms with Crippen LogP contribution in [-0.2, 0) is 81.5 Å². The first-order chi connectivity index (χ1) is 62.6. The highest BCUT2D eigenvalue weighted by molar-refractivity contribution is 7.98. The number of imidazole rings is 1. The van der Waals surface area contributed by atoms with Crippen molar-refractivity contribution in [3.05, 3.63) is 208 Å². The number of H-pyrrole nitrogens is 2. The Bertz CT molecular complexity index is 5870. The van der Waals surface area contributed by atoms with E-state index in [1.807, 2.05) is 20.1 Å². The van der Waals surface area contributed by atoms with Gasteiger partial charge in [0.15, 0.2) is 21.4 Å². The van der Waals surface area contributed by atoms with Crippen LogP contribution in [0.25, 0.3) is 10.9 Å². The Morgan fingerprint density at radius 1 is 0.504 bits per heavy atom. The number of aromatic hydroxyl groups is 4. The molecule has 0 unspecified atom stereocenters. The van der Waals surface area contributed by atoms with E-state index in [0.29, 0.717) is 73.4 Å². The van der Waals surface area contributed by atoms with Gasteiger partial charge in [-0.05, 0) is 178 Å². The smallest absolute Gasteiger partial charge is 0.340 e. The molecule has 10 amide bonds. The lowest BCUT2D eigenvalue weighted by atomic mass is 9.77. The number of thiocarbonyl (C=S) groups is 2. The molecule has 0 fully saturated rings. The van der Waals surface area contributed by atoms with Gasteiger partial charge < -0.3 is 125 Å². The van der Waals surface area contributed by atoms with Gasteiger partial charge in [-0.2, -0.15) is 11.8 Å². The zero-order valence-corrected chi connectivity index (χ0v) is 74.3. The lowest BCUT2D eigenvalue weighted by Crippen LogP contribution is -2.60. The predicted octanol–water partition coefficient (Wildman–Crippen LogP) is 5.88. The Balaban J connectivity index is 0.696. The molecule has 2 aromatic heterocycles. The molecule has 9 aromatic rings. The molecule has 0 radical (unpaired) electrons. The monoisotopic (exact) mass is 1850 g/mol. The number of thioether (sulfide) groups is 1. The Morgan fingerprint density at radius 2 is 1.00 bits per heavy atom. The molecule has 131 heavy (non-hydrogen) atoms. The first-order valence-corrected chi connectivity index (χ1v) is 44.4. The topological polar surface area (TPSA) is 564 Å². The van der Waals surface area contributed by atoms with Crippen molar-refractivity contribution in [1.29, 1.82) is 0 Å². The van der Waals surface area contributed by atoms with E-state index in [0.717, 1.165) is 0 Å². The maximum Gasteiger partial charge on any atom is 0.340 e. The van der Waals surface area contributed by atoms with Crippen LogP contribution in [0, 0.1) is 11.8 Å². The van der Waals surface area contributed by atoms with Gasteiger partial charge in [0.1, 0.15) is 94.3 Å². The molecule has 2 spiro atoms. The number of fused-ring (bicyclic) bond motifs is 13. The van der Waals surface area contributed by atoms with Crippen molar-refractivity contribution < 1.29 is 96.9 Å². The second kappa shape index (κ2) is 40.8. The van der Waals surface area contributed by atoms with Gasteiger partial charge in [0.25, 0.3) is 0 Å². The Kier molecular flexibility index (Phi) is 29.3. The van der Waals surface area contributed by atoms with Crippen molar-refractivity contribution in [3.63, 3.8) is 0 Å². The van der Waals surface area contributed by atoms with Crippen LogP contribution in [0.15, 0.2) is 152 Å². The molecule has 7 aromatic carbocycles. The highest BCUT2D eigenvalue weighted by atomic mass is 32.2. The molecule has 0 saturated carbocycles. The van der Waals surface area contributed by atoms with Crippen LogP contribution in [0.5, 0.6) is 46.0 Å². The quantitative estimate of drug-likeness (QED) is 0.0122. The van der Waals surface area contributed by atoms with Crippen molar-refractivity contribution >= 4 is 140 Å². The van der Waals surface area contributed by atoms with E-state index in [1.54, 1.807) is 98.9 Å². The van der Waals surface area contributed by atoms with E-state index < -0.39 is 156 Å². The SMILES string of the molecule is CSCC[C@H](NC(=O)[C@H](CC(C)C)NC(=O)[C@H](Cc1c[nH]cn1)NC(=O)CNC(=O)[C@@H](NC(=O)[C@H](C)NC(=O)[C@H](Cc1c[nH]c2ccccc12)NC(=O)[C@H](CCC(N)=O)NC(=O)[C@H](CCCCNC(=S)Nc1ccc2c(c1)C(=O)OC21c2ccc(O)cc2Oc2cc(O)ccc21)NC(=S)Nc1ccc2c(c1)C(=O)OC21c2ccc(O)cc2Oc2cc(O)ccc21)C(C)C)C(N)=O. The van der Waals surface area contributed by atoms with Crippen LogP contribution in [0.3, 0.4) is 0 Å². The number of aromatic amines is 2. The molecule has 40 heteroatoms. The number of para-hydroxylation sites is 1. The zero-order chi connectivity index (χ0) is 93.9. The Morgan fingerprint density at radius 3 is 1.53 bits per heavy atom. The number of phenols is 4. The minimum Gasteiger partial charge on any atom is -0.508 e. The number of nitrogens with two attached hydrogens (primary N) is 2. The maximum absolute atomic E-state index is 15.2. The minimum absolute atomic E-state index is 0.0189. The van der Waals surface area contributed by atoms with Crippen LogP contribution in [-0.4, -0.2) is 190 Å². The van der Waals surface area contributed by atoms with Crippen molar-refractivity contribution in [2.45, 2.75) is 152 Å². The number of carbonyl (C=O) groups excluding carboxylic acids is 12. The number of primary amides is 2. The summed E-state index contributed by atoms with van der Waals surface area (Å²) >= 11 is 13.1. The fourth-order valence-corrected chi connectivity index (χ4v) is 17.1. The number of hydrogen-bond acceptors (Lipinski definition) is 24. The number of benzene rings is 7. The molecule has 0 saturated heterocycles. The van der Waals surface area contributed by atoms with E-state index in [4.69, 9.17) is 54.9 Å². The molecule has 37 nitrogen and oxygen atoms in total. The van der Waals surface area contributed by atoms with Gasteiger partial charge in [-0.3, -0.25) is 47.9 Å². The molecule has 8 atom stereocenters. The summed E-state index contributed by atoms with van der Waals surface area (Å²) in [5.74, 6) is -9.84. The minimum atomic E-state index is -1.61. The van der Waals surface area contributed by atoms with Crippen LogP contribution in [0.4, 0.5) is 11.4 Å². The third kappa shape index (κ3) is 21.6. The molecular weight excluding hydrogens is 1750 g/mol. The molecule has 4 aliphatic rings. The molecular formula is C91H99N17O20S3. The fourth-order valence-electron chi connectivity index (χ4n) is 16.1. The Hall–Kier alpha value is -14.5. The van der Waals surface area contributed by atoms with Crippen LogP contribution in [0.2, 0.25) is 0 Å². The molecule has 4 aliphatic heterocycles. The van der Waals surface area contributed by atoms with Gasteiger partial charge in [-0.25, -0.2) is 14.6 Å². The van der Waals surface area contributed by atoms with Gasteiger partial charge >= 0.3 is 11.9 Å². The normalized spacial score (nSPS) is 15.0. The Labute approximate surface area is 765 Å². The molecule has 6 heterocycles. The van der Waals surface area contributed by atoms with Gasteiger partial charge in [0, 0.05) is 118 Å². The number of nitrogens with one attached hydrogen (secondary N) is 14. The average molecular weight is 1850 g/mol. The summed E-state index contributed by atoms with van der Waals surface area (Å²) in [6.07, 6.45) is 5.99. The number of esters is 2. The molecule has 0 bridgehead atoms. The fraction of sp³-hybridized carbons (Fsp3) is 0.330. The third-order valence-corrected chi connectivity index (χ3v) is 23.7. The van der Waals surface area contributed by atoms with Crippen LogP contribution in [0.1, 0.15) is 145 Å². The zero-order valence-electron chi connectivity index (χ0n) is 71.8. The standard InChI is InChI=1S/C91H99N17O20S3/c1-44(2)31-68(83(120)103-65(78(93)115)28-30-131-6)105-84(121)70(35-50-41-94-43-98-50)102-76(114)42-97-85(122)77(45(3)4)108-79(116)46(5)99-82(119)69(32-47-40-96-64-12-8-7-11-55(47)64)106-81(118)67(26-27-75(92)113)104-80(117)66(107-89(130)101-49-15-21-59-57(34-49)87(124)128-91(59)62-24-18-53(111)38-73(62)126-74-39-54(112)19-25-63(74)91)13-9-10-29-95-88(129)100-48-14-20-58-56(33-48)86(123)127-90(58)60-22-16-51(109)36-71(60)125-72-37-52(110)17-23-61(72)90/h7-8,11-12,14-25,33-34,36-41,43-46,65-70,77,96,109-112H,9-10,13,26-32,35,42H2,1-6H3,(H2,92,113)(H2,93,115)(H,94,98)(H,97,122)(H,99,119)(H,102,114)(H,103,120)(H,104,117)(H,105,121)(H,106,118)(H,108,116)(H2,95,100,129)(H2,101,107,130)/t46-,65-,66-,67-,68-,69-,70-,77-/m0/s1. The van der Waals surface area contributed by atoms with Crippen molar-refractivity contribution in [2.24, 2.45) is 23.3 Å². The largest absolute Gasteiger partial charge is 0.508 e. The summed E-state index contributed by atoms with van der Waals surface area (Å²) in [7, 11) is 0. The number of aromatic nitrogens is 3. The molecule has 13 rings (SSSR count). The lowest BCUT2D eigenvalue weighted by molar-refractivity contribution is -0.135. The first kappa shape index (κ1) is 94.1. The number of rotatable bonds is 38. The number of hydrogen-bond donors (Lipinski definition) is 20. The number of unbranched alkanes of at least 4 members (excludes halogenated alkanes) is 1. The number of nitrogens with zero attached hydrogens (tertiary/aromatic N) is 1. The number of carbonyl (C=O) groups is 12. The summed E-state index contributed by atoms with van der Waals surface area (Å²) in [4.78, 5) is 179. The van der Waals surface area contributed by atoms with Crippen molar-refractivity contribution in [1.82, 2.24) is 68.1 Å². The maximum atomic E-state index is 15.2.